The number of pyridine rings is 1. The largest absolute Gasteiger partial charge is 0.368 e. The molecule has 1 aliphatic rings. The predicted molar refractivity (Wildman–Crippen MR) is 104 cm³/mol. The van der Waals surface area contributed by atoms with Gasteiger partial charge in [-0.2, -0.15) is 0 Å². The maximum absolute atomic E-state index is 13.0. The number of aromatic nitrogens is 1. The van der Waals surface area contributed by atoms with E-state index in [-0.39, 0.29) is 5.43 Å². The maximum atomic E-state index is 13.0. The molecule has 25 heavy (non-hydrogen) atoms. The summed E-state index contributed by atoms with van der Waals surface area (Å²) in [6, 6.07) is 14.3. The van der Waals surface area contributed by atoms with E-state index in [1.54, 1.807) is 0 Å². The zero-order chi connectivity index (χ0) is 17.4. The van der Waals surface area contributed by atoms with Crippen molar-refractivity contribution in [3.05, 3.63) is 58.9 Å². The third-order valence-corrected chi connectivity index (χ3v) is 5.18. The number of piperazine rings is 1. The Bertz CT molecular complexity index is 975. The molecule has 1 aliphatic heterocycles. The van der Waals surface area contributed by atoms with Crippen LogP contribution in [0, 0.1) is 0 Å². The highest BCUT2D eigenvalue weighted by Gasteiger charge is 2.19. The highest BCUT2D eigenvalue weighted by molar-refractivity contribution is 5.92. The van der Waals surface area contributed by atoms with Crippen LogP contribution < -0.4 is 10.3 Å². The zero-order valence-corrected chi connectivity index (χ0v) is 14.8. The van der Waals surface area contributed by atoms with E-state index in [0.29, 0.717) is 11.4 Å². The first kappa shape index (κ1) is 16.0. The van der Waals surface area contributed by atoms with Gasteiger partial charge in [-0.15, -0.1) is 0 Å². The second-order valence-corrected chi connectivity index (χ2v) is 6.99. The Hall–Kier alpha value is -2.46. The fraction of sp³-hybridized carbons (Fsp3) is 0.333. The molecule has 4 nitrogen and oxygen atoms in total. The molecule has 128 valence electrons. The van der Waals surface area contributed by atoms with E-state index < -0.39 is 0 Å². The third kappa shape index (κ3) is 2.98. The van der Waals surface area contributed by atoms with Gasteiger partial charge in [-0.3, -0.25) is 14.7 Å². The Kier molecular flexibility index (Phi) is 4.14. The molecule has 0 spiro atoms. The minimum atomic E-state index is 0.0609. The van der Waals surface area contributed by atoms with E-state index in [2.05, 4.69) is 28.6 Å². The first-order valence-corrected chi connectivity index (χ1v) is 8.94. The Morgan fingerprint density at radius 2 is 1.72 bits per heavy atom. The average molecular weight is 333 g/mol. The standard InChI is InChI=1S/C21H23N3O/c1-15(2)23-9-11-24(12-10-23)17-13-19-20(22-14-17)8-7-16-5-3-4-6-18(16)21(19)25/h3-8,13-15H,9-12H2,1-2H3. The number of fused-ring (bicyclic) bond motifs is 2. The van der Waals surface area contributed by atoms with Crippen LogP contribution in [0.15, 0.2) is 53.5 Å². The molecule has 1 saturated heterocycles. The van der Waals surface area contributed by atoms with Crippen molar-refractivity contribution in [3.8, 4) is 0 Å². The SMILES string of the molecule is CC(C)N1CCN(c2cnc3ccc4ccccc4c(=O)c3c2)CC1. The van der Waals surface area contributed by atoms with Gasteiger partial charge in [0, 0.05) is 37.6 Å². The van der Waals surface area contributed by atoms with E-state index >= 15 is 0 Å². The third-order valence-electron chi connectivity index (χ3n) is 5.18. The molecule has 0 radical (unpaired) electrons. The molecule has 2 aromatic carbocycles. The highest BCUT2D eigenvalue weighted by Crippen LogP contribution is 2.21. The number of benzene rings is 1. The predicted octanol–water partition coefficient (Wildman–Crippen LogP) is 3.28. The van der Waals surface area contributed by atoms with Crippen LogP contribution in [-0.2, 0) is 0 Å². The van der Waals surface area contributed by atoms with E-state index in [0.717, 1.165) is 48.2 Å². The van der Waals surface area contributed by atoms with Gasteiger partial charge in [-0.25, -0.2) is 0 Å². The number of anilines is 1. The van der Waals surface area contributed by atoms with Crippen LogP contribution in [0.2, 0.25) is 0 Å². The molecule has 0 aliphatic carbocycles. The number of hydrogen-bond acceptors (Lipinski definition) is 4. The summed E-state index contributed by atoms with van der Waals surface area (Å²) in [6.45, 7) is 8.51. The summed E-state index contributed by atoms with van der Waals surface area (Å²) in [5.74, 6) is 0. The molecular weight excluding hydrogens is 310 g/mol. The molecule has 0 unspecified atom stereocenters. The monoisotopic (exact) mass is 333 g/mol. The molecule has 0 N–H and O–H groups in total. The van der Waals surface area contributed by atoms with Crippen molar-refractivity contribution in [3.63, 3.8) is 0 Å². The summed E-state index contributed by atoms with van der Waals surface area (Å²) in [4.78, 5) is 22.4. The smallest absolute Gasteiger partial charge is 0.195 e. The van der Waals surface area contributed by atoms with Crippen LogP contribution in [0.25, 0.3) is 21.7 Å². The summed E-state index contributed by atoms with van der Waals surface area (Å²) >= 11 is 0. The molecule has 4 heteroatoms. The molecule has 2 heterocycles. The fourth-order valence-corrected chi connectivity index (χ4v) is 3.61. The van der Waals surface area contributed by atoms with Crippen molar-refractivity contribution in [1.82, 2.24) is 9.88 Å². The first-order valence-electron chi connectivity index (χ1n) is 8.94. The molecule has 0 amide bonds. The summed E-state index contributed by atoms with van der Waals surface area (Å²) in [6.07, 6.45) is 1.90. The van der Waals surface area contributed by atoms with Crippen LogP contribution in [0.4, 0.5) is 5.69 Å². The number of nitrogens with zero attached hydrogens (tertiary/aromatic N) is 3. The van der Waals surface area contributed by atoms with Gasteiger partial charge in [0.15, 0.2) is 5.43 Å². The summed E-state index contributed by atoms with van der Waals surface area (Å²) in [5.41, 5.74) is 1.86. The highest BCUT2D eigenvalue weighted by atomic mass is 16.1. The summed E-state index contributed by atoms with van der Waals surface area (Å²) in [7, 11) is 0. The van der Waals surface area contributed by atoms with Crippen LogP contribution in [0.5, 0.6) is 0 Å². The van der Waals surface area contributed by atoms with Gasteiger partial charge in [-0.05, 0) is 31.4 Å². The van der Waals surface area contributed by atoms with Gasteiger partial charge >= 0.3 is 0 Å². The van der Waals surface area contributed by atoms with Crippen LogP contribution in [-0.4, -0.2) is 42.1 Å². The Balaban J connectivity index is 1.77. The number of rotatable bonds is 2. The molecule has 0 bridgehead atoms. The lowest BCUT2D eigenvalue weighted by Gasteiger charge is -2.38. The topological polar surface area (TPSA) is 36.4 Å². The second-order valence-electron chi connectivity index (χ2n) is 6.99. The molecule has 4 rings (SSSR count). The molecule has 0 atom stereocenters. The van der Waals surface area contributed by atoms with Gasteiger partial charge in [0.2, 0.25) is 0 Å². The van der Waals surface area contributed by atoms with Crippen molar-refractivity contribution in [2.24, 2.45) is 0 Å². The minimum Gasteiger partial charge on any atom is -0.368 e. The van der Waals surface area contributed by atoms with Crippen molar-refractivity contribution < 1.29 is 0 Å². The molecule has 1 fully saturated rings. The lowest BCUT2D eigenvalue weighted by Crippen LogP contribution is -2.48. The van der Waals surface area contributed by atoms with Crippen molar-refractivity contribution in [1.29, 1.82) is 0 Å². The van der Waals surface area contributed by atoms with Crippen LogP contribution >= 0.6 is 0 Å². The van der Waals surface area contributed by atoms with E-state index in [1.165, 1.54) is 0 Å². The normalized spacial score (nSPS) is 16.0. The molecule has 3 aromatic rings. The maximum Gasteiger partial charge on any atom is 0.195 e. The first-order chi connectivity index (χ1) is 12.1. The molecule has 0 saturated carbocycles. The van der Waals surface area contributed by atoms with Gasteiger partial charge in [0.05, 0.1) is 22.8 Å². The number of hydrogen-bond donors (Lipinski definition) is 0. The Morgan fingerprint density at radius 1 is 0.960 bits per heavy atom. The van der Waals surface area contributed by atoms with Gasteiger partial charge in [0.25, 0.3) is 0 Å². The van der Waals surface area contributed by atoms with E-state index in [4.69, 9.17) is 0 Å². The lowest BCUT2D eigenvalue weighted by atomic mass is 10.1. The Morgan fingerprint density at radius 3 is 2.48 bits per heavy atom. The minimum absolute atomic E-state index is 0.0609. The van der Waals surface area contributed by atoms with Crippen molar-refractivity contribution >= 4 is 27.4 Å². The summed E-state index contributed by atoms with van der Waals surface area (Å²) < 4.78 is 0. The fourth-order valence-electron chi connectivity index (χ4n) is 3.61. The zero-order valence-electron chi connectivity index (χ0n) is 14.8. The quantitative estimate of drug-likeness (QED) is 0.721. The summed E-state index contributed by atoms with van der Waals surface area (Å²) in [5, 5.41) is 2.41. The van der Waals surface area contributed by atoms with Crippen LogP contribution in [0.3, 0.4) is 0 Å². The Labute approximate surface area is 147 Å². The molecule has 1 aromatic heterocycles. The van der Waals surface area contributed by atoms with Gasteiger partial charge < -0.3 is 4.90 Å². The lowest BCUT2D eigenvalue weighted by molar-refractivity contribution is 0.209. The average Bonchev–Trinajstić information content (AvgIpc) is 2.79. The van der Waals surface area contributed by atoms with Crippen molar-refractivity contribution in [2.45, 2.75) is 19.9 Å². The van der Waals surface area contributed by atoms with E-state index in [1.807, 2.05) is 48.7 Å². The van der Waals surface area contributed by atoms with E-state index in [9.17, 15) is 4.79 Å². The second kappa shape index (κ2) is 6.45. The van der Waals surface area contributed by atoms with Gasteiger partial charge in [-0.1, -0.05) is 30.3 Å². The van der Waals surface area contributed by atoms with Crippen molar-refractivity contribution in [2.75, 3.05) is 31.1 Å². The van der Waals surface area contributed by atoms with Crippen LogP contribution in [0.1, 0.15) is 13.8 Å². The van der Waals surface area contributed by atoms with Gasteiger partial charge in [0.1, 0.15) is 0 Å². The molecular formula is C21H23N3O.